The summed E-state index contributed by atoms with van der Waals surface area (Å²) in [6.07, 6.45) is 0. The van der Waals surface area contributed by atoms with Gasteiger partial charge in [0, 0.05) is 0 Å². The first kappa shape index (κ1) is 14.2. The standard InChI is InChI=1S/C7H8.C3H6O.C2H4/c1-7-5-3-2-4-6-7;1-3(2)4;1-2/h2-6H,1H3;1-2H3;1-2H2. The van der Waals surface area contributed by atoms with E-state index in [1.807, 2.05) is 18.2 Å². The van der Waals surface area contributed by atoms with Crippen LogP contribution in [0.25, 0.3) is 0 Å². The second-order valence-electron chi connectivity index (χ2n) is 2.56. The highest BCUT2D eigenvalue weighted by atomic mass is 16.1. The van der Waals surface area contributed by atoms with Crippen LogP contribution in [0.15, 0.2) is 43.5 Å². The average molecular weight is 178 g/mol. The first-order valence-corrected chi connectivity index (χ1v) is 4.11. The van der Waals surface area contributed by atoms with Gasteiger partial charge in [-0.25, -0.2) is 0 Å². The summed E-state index contributed by atoms with van der Waals surface area (Å²) in [6, 6.07) is 10.3. The van der Waals surface area contributed by atoms with Crippen molar-refractivity contribution in [3.05, 3.63) is 49.1 Å². The molecule has 0 aromatic heterocycles. The van der Waals surface area contributed by atoms with Crippen LogP contribution in [0.1, 0.15) is 19.4 Å². The summed E-state index contributed by atoms with van der Waals surface area (Å²) < 4.78 is 0. The van der Waals surface area contributed by atoms with Crippen LogP contribution in [0, 0.1) is 6.92 Å². The molecule has 0 heterocycles. The molecule has 1 heteroatoms. The first-order chi connectivity index (χ1) is 6.13. The molecule has 0 aliphatic rings. The molecule has 1 nitrogen and oxygen atoms in total. The lowest BCUT2D eigenvalue weighted by Crippen LogP contribution is -1.69. The van der Waals surface area contributed by atoms with Crippen molar-refractivity contribution in [2.45, 2.75) is 20.8 Å². The molecule has 0 bridgehead atoms. The van der Waals surface area contributed by atoms with Crippen LogP contribution < -0.4 is 0 Å². The van der Waals surface area contributed by atoms with Gasteiger partial charge >= 0.3 is 0 Å². The van der Waals surface area contributed by atoms with Gasteiger partial charge in [0.05, 0.1) is 0 Å². The number of Topliss-reactive ketones (excluding diaryl/α,β-unsaturated/α-hetero) is 1. The Balaban J connectivity index is 0. The lowest BCUT2D eigenvalue weighted by molar-refractivity contribution is -0.114. The number of hydrogen-bond acceptors (Lipinski definition) is 1. The van der Waals surface area contributed by atoms with E-state index in [1.165, 1.54) is 19.4 Å². The minimum absolute atomic E-state index is 0.167. The molecule has 0 aliphatic heterocycles. The van der Waals surface area contributed by atoms with Gasteiger partial charge in [-0.3, -0.25) is 0 Å². The van der Waals surface area contributed by atoms with Crippen LogP contribution in [-0.4, -0.2) is 5.78 Å². The third-order valence-electron chi connectivity index (χ3n) is 0.940. The summed E-state index contributed by atoms with van der Waals surface area (Å²) >= 11 is 0. The maximum Gasteiger partial charge on any atom is 0.126 e. The molecule has 0 N–H and O–H groups in total. The van der Waals surface area contributed by atoms with E-state index in [1.54, 1.807) is 0 Å². The highest BCUT2D eigenvalue weighted by molar-refractivity contribution is 5.72. The van der Waals surface area contributed by atoms with Crippen molar-refractivity contribution in [3.8, 4) is 0 Å². The molecular formula is C12H18O. The maximum absolute atomic E-state index is 9.44. The Kier molecular flexibility index (Phi) is 11.6. The molecular weight excluding hydrogens is 160 g/mol. The summed E-state index contributed by atoms with van der Waals surface area (Å²) in [4.78, 5) is 9.44. The van der Waals surface area contributed by atoms with Crippen molar-refractivity contribution < 1.29 is 4.79 Å². The summed E-state index contributed by atoms with van der Waals surface area (Å²) in [7, 11) is 0. The summed E-state index contributed by atoms with van der Waals surface area (Å²) in [6.45, 7) is 11.1. The van der Waals surface area contributed by atoms with E-state index in [4.69, 9.17) is 0 Å². The van der Waals surface area contributed by atoms with Gasteiger partial charge < -0.3 is 4.79 Å². The maximum atomic E-state index is 9.44. The van der Waals surface area contributed by atoms with Gasteiger partial charge in [-0.15, -0.1) is 13.2 Å². The second kappa shape index (κ2) is 10.6. The van der Waals surface area contributed by atoms with Gasteiger partial charge in [-0.2, -0.15) is 0 Å². The second-order valence-corrected chi connectivity index (χ2v) is 2.56. The molecule has 0 saturated carbocycles. The number of hydrogen-bond donors (Lipinski definition) is 0. The molecule has 0 radical (unpaired) electrons. The summed E-state index contributed by atoms with van der Waals surface area (Å²) in [5.74, 6) is 0.167. The van der Waals surface area contributed by atoms with E-state index >= 15 is 0 Å². The van der Waals surface area contributed by atoms with Gasteiger partial charge in [0.15, 0.2) is 0 Å². The van der Waals surface area contributed by atoms with Crippen LogP contribution in [0.2, 0.25) is 0 Å². The third kappa shape index (κ3) is 18.0. The fraction of sp³-hybridized carbons (Fsp3) is 0.250. The molecule has 0 saturated heterocycles. The molecule has 0 atom stereocenters. The summed E-state index contributed by atoms with van der Waals surface area (Å²) in [5, 5.41) is 0. The normalized spacial score (nSPS) is 7.00. The minimum Gasteiger partial charge on any atom is -0.300 e. The number of rotatable bonds is 0. The molecule has 1 rings (SSSR count). The number of aryl methyl sites for hydroxylation is 1. The van der Waals surface area contributed by atoms with Crippen LogP contribution >= 0.6 is 0 Å². The predicted molar refractivity (Wildman–Crippen MR) is 58.8 cm³/mol. The predicted octanol–water partition coefficient (Wildman–Crippen LogP) is 3.39. The fourth-order valence-corrected chi connectivity index (χ4v) is 0.534. The molecule has 0 unspecified atom stereocenters. The Bertz CT molecular complexity index is 210. The molecule has 0 aliphatic carbocycles. The monoisotopic (exact) mass is 178 g/mol. The van der Waals surface area contributed by atoms with Gasteiger partial charge in [0.2, 0.25) is 0 Å². The smallest absolute Gasteiger partial charge is 0.126 e. The van der Waals surface area contributed by atoms with Crippen LogP contribution in [0.4, 0.5) is 0 Å². The summed E-state index contributed by atoms with van der Waals surface area (Å²) in [5.41, 5.74) is 1.32. The van der Waals surface area contributed by atoms with Crippen LogP contribution in [-0.2, 0) is 4.79 Å². The largest absolute Gasteiger partial charge is 0.300 e. The molecule has 13 heavy (non-hydrogen) atoms. The zero-order chi connectivity index (χ0) is 10.7. The van der Waals surface area contributed by atoms with E-state index in [9.17, 15) is 4.79 Å². The van der Waals surface area contributed by atoms with Crippen LogP contribution in [0.3, 0.4) is 0 Å². The Morgan fingerprint density at radius 2 is 1.38 bits per heavy atom. The lowest BCUT2D eigenvalue weighted by atomic mass is 10.2. The Morgan fingerprint density at radius 1 is 1.08 bits per heavy atom. The minimum atomic E-state index is 0.167. The van der Waals surface area contributed by atoms with E-state index in [0.717, 1.165) is 0 Å². The highest BCUT2D eigenvalue weighted by Crippen LogP contribution is 1.92. The quantitative estimate of drug-likeness (QED) is 0.556. The molecule has 0 amide bonds. The molecule has 0 spiro atoms. The van der Waals surface area contributed by atoms with Gasteiger partial charge in [-0.05, 0) is 20.8 Å². The molecule has 1 aromatic carbocycles. The average Bonchev–Trinajstić information content (AvgIpc) is 2.08. The van der Waals surface area contributed by atoms with Crippen molar-refractivity contribution in [3.63, 3.8) is 0 Å². The number of ketones is 1. The van der Waals surface area contributed by atoms with E-state index in [0.29, 0.717) is 0 Å². The van der Waals surface area contributed by atoms with E-state index in [-0.39, 0.29) is 5.78 Å². The zero-order valence-electron chi connectivity index (χ0n) is 8.71. The Hall–Kier alpha value is -1.37. The van der Waals surface area contributed by atoms with Crippen molar-refractivity contribution in [2.75, 3.05) is 0 Å². The molecule has 1 aromatic rings. The van der Waals surface area contributed by atoms with Crippen molar-refractivity contribution in [1.82, 2.24) is 0 Å². The number of benzene rings is 1. The highest BCUT2D eigenvalue weighted by Gasteiger charge is 1.72. The third-order valence-corrected chi connectivity index (χ3v) is 0.940. The first-order valence-electron chi connectivity index (χ1n) is 4.11. The lowest BCUT2D eigenvalue weighted by Gasteiger charge is -1.82. The van der Waals surface area contributed by atoms with E-state index in [2.05, 4.69) is 32.2 Å². The van der Waals surface area contributed by atoms with E-state index < -0.39 is 0 Å². The van der Waals surface area contributed by atoms with Gasteiger partial charge in [0.1, 0.15) is 5.78 Å². The Morgan fingerprint density at radius 3 is 1.54 bits per heavy atom. The molecule has 72 valence electrons. The fourth-order valence-electron chi connectivity index (χ4n) is 0.534. The van der Waals surface area contributed by atoms with Crippen molar-refractivity contribution in [2.24, 2.45) is 0 Å². The zero-order valence-corrected chi connectivity index (χ0v) is 8.71. The van der Waals surface area contributed by atoms with Crippen molar-refractivity contribution >= 4 is 5.78 Å². The van der Waals surface area contributed by atoms with Gasteiger partial charge in [-0.1, -0.05) is 35.9 Å². The molecule has 0 fully saturated rings. The van der Waals surface area contributed by atoms with Crippen molar-refractivity contribution in [1.29, 1.82) is 0 Å². The number of carbonyl (C=O) groups is 1. The topological polar surface area (TPSA) is 17.1 Å². The van der Waals surface area contributed by atoms with Gasteiger partial charge in [0.25, 0.3) is 0 Å². The SMILES string of the molecule is C=C.CC(C)=O.Cc1ccccc1. The van der Waals surface area contributed by atoms with Crippen LogP contribution in [0.5, 0.6) is 0 Å². The Labute approximate surface area is 81.1 Å². The number of carbonyl (C=O) groups excluding carboxylic acids is 1.